The third-order valence-electron chi connectivity index (χ3n) is 5.42. The molecule has 0 saturated heterocycles. The minimum absolute atomic E-state index is 0.0103. The number of alkyl halides is 12. The Hall–Kier alpha value is -3.70. The fourth-order valence-corrected chi connectivity index (χ4v) is 3.66. The van der Waals surface area contributed by atoms with Crippen LogP contribution in [0.2, 0.25) is 5.02 Å². The summed E-state index contributed by atoms with van der Waals surface area (Å²) in [5.41, 5.74) is -5.01. The Morgan fingerprint density at radius 1 is 0.909 bits per heavy atom. The molecule has 1 unspecified atom stereocenters. The molecule has 2 rings (SSSR count). The minimum Gasteiger partial charge on any atom is -0.483 e. The number of hydrogen-bond acceptors (Lipinski definition) is 3. The molecular weight excluding hydrogens is 659 g/mol. The van der Waals surface area contributed by atoms with E-state index in [0.29, 0.717) is 30.3 Å². The first-order valence-electron chi connectivity index (χ1n) is 11.7. The lowest BCUT2D eigenvalue weighted by atomic mass is 9.95. The van der Waals surface area contributed by atoms with Gasteiger partial charge in [-0.15, -0.1) is 0 Å². The first kappa shape index (κ1) is 36.5. The summed E-state index contributed by atoms with van der Waals surface area (Å²) in [5, 5.41) is 2.42. The second-order valence-electron chi connectivity index (χ2n) is 8.91. The maximum absolute atomic E-state index is 15.0. The Labute approximate surface area is 244 Å². The van der Waals surface area contributed by atoms with Gasteiger partial charge in [-0.25, -0.2) is 4.39 Å². The van der Waals surface area contributed by atoms with Crippen molar-refractivity contribution >= 4 is 29.2 Å². The Bertz CT molecular complexity index is 1380. The Balaban J connectivity index is 2.41. The van der Waals surface area contributed by atoms with Crippen molar-refractivity contribution in [1.82, 2.24) is 10.6 Å². The number of benzene rings is 2. The van der Waals surface area contributed by atoms with Crippen LogP contribution >= 0.6 is 11.6 Å². The first-order valence-corrected chi connectivity index (χ1v) is 12.1. The van der Waals surface area contributed by atoms with Crippen LogP contribution in [0.25, 0.3) is 5.83 Å². The van der Waals surface area contributed by atoms with E-state index in [1.807, 2.05) is 0 Å². The van der Waals surface area contributed by atoms with Gasteiger partial charge in [0.05, 0.1) is 16.1 Å². The Morgan fingerprint density at radius 2 is 1.52 bits per heavy atom. The highest BCUT2D eigenvalue weighted by Crippen LogP contribution is 2.41. The lowest BCUT2D eigenvalue weighted by Gasteiger charge is -2.20. The van der Waals surface area contributed by atoms with Crippen LogP contribution in [0.3, 0.4) is 0 Å². The second kappa shape index (κ2) is 13.5. The standard InChI is InChI=1S/C25H18ClF13N2O3/c1-11(20(42)40-9-22(28,29)30)41-21(43)14-4-2-13(6-16(14)25(37,38)39)18(27)8-15(24(34,35)36)12-3-5-19(17(26)7-12)44-10-23(31,32)33/h2-8,11,15H,9-10H2,1H3,(H,40,42)(H,41,43)/b18-8-/t11-,15?/m1/s1. The third-order valence-corrected chi connectivity index (χ3v) is 5.72. The smallest absolute Gasteiger partial charge is 0.422 e. The van der Waals surface area contributed by atoms with E-state index in [4.69, 9.17) is 11.6 Å². The molecule has 0 heterocycles. The van der Waals surface area contributed by atoms with Gasteiger partial charge in [0.15, 0.2) is 6.61 Å². The maximum Gasteiger partial charge on any atom is 0.422 e. The molecule has 0 bridgehead atoms. The second-order valence-corrected chi connectivity index (χ2v) is 9.32. The van der Waals surface area contributed by atoms with Crippen LogP contribution in [-0.2, 0) is 11.0 Å². The van der Waals surface area contributed by atoms with Crippen LogP contribution in [0.1, 0.15) is 39.9 Å². The number of rotatable bonds is 9. The fraction of sp³-hybridized carbons (Fsp3) is 0.360. The van der Waals surface area contributed by atoms with Crippen molar-refractivity contribution in [1.29, 1.82) is 0 Å². The molecule has 0 aliphatic heterocycles. The van der Waals surface area contributed by atoms with Gasteiger partial charge in [-0.2, -0.15) is 52.7 Å². The largest absolute Gasteiger partial charge is 0.483 e. The summed E-state index contributed by atoms with van der Waals surface area (Å²) in [5.74, 6) is -8.43. The molecule has 2 aromatic carbocycles. The molecule has 44 heavy (non-hydrogen) atoms. The van der Waals surface area contributed by atoms with E-state index < -0.39 is 100 Å². The number of allylic oxidation sites excluding steroid dienone is 1. The zero-order valence-corrected chi connectivity index (χ0v) is 22.4. The molecule has 2 amide bonds. The quantitative estimate of drug-likeness (QED) is 0.267. The highest BCUT2D eigenvalue weighted by molar-refractivity contribution is 6.32. The lowest BCUT2D eigenvalue weighted by molar-refractivity contribution is -0.153. The van der Waals surface area contributed by atoms with Crippen LogP contribution in [0, 0.1) is 0 Å². The highest BCUT2D eigenvalue weighted by Gasteiger charge is 2.41. The Morgan fingerprint density at radius 3 is 2.02 bits per heavy atom. The molecule has 0 aromatic heterocycles. The Kier molecular flexibility index (Phi) is 11.2. The van der Waals surface area contributed by atoms with Gasteiger partial charge in [0, 0.05) is 5.56 Å². The minimum atomic E-state index is -5.41. The van der Waals surface area contributed by atoms with Crippen molar-refractivity contribution in [2.24, 2.45) is 0 Å². The number of halogens is 14. The normalized spacial score (nSPS) is 14.6. The summed E-state index contributed by atoms with van der Waals surface area (Å²) >= 11 is 5.70. The van der Waals surface area contributed by atoms with Crippen molar-refractivity contribution in [3.05, 3.63) is 69.8 Å². The number of hydrogen-bond donors (Lipinski definition) is 2. The molecular formula is C25H18ClF13N2O3. The number of amides is 2. The SMILES string of the molecule is C[C@@H](NC(=O)c1ccc(/C(F)=C/C(c2ccc(OCC(F)(F)F)c(Cl)c2)C(F)(F)F)cc1C(F)(F)F)C(=O)NCC(F)(F)F. The predicted octanol–water partition coefficient (Wildman–Crippen LogP) is 7.75. The lowest BCUT2D eigenvalue weighted by Crippen LogP contribution is -2.47. The monoisotopic (exact) mass is 676 g/mol. The van der Waals surface area contributed by atoms with E-state index in [-0.39, 0.29) is 12.1 Å². The summed E-state index contributed by atoms with van der Waals surface area (Å²) < 4.78 is 176. The van der Waals surface area contributed by atoms with Gasteiger partial charge in [0.1, 0.15) is 30.1 Å². The van der Waals surface area contributed by atoms with Gasteiger partial charge in [-0.05, 0) is 42.8 Å². The molecule has 0 fully saturated rings. The van der Waals surface area contributed by atoms with Crippen LogP contribution in [0.4, 0.5) is 57.1 Å². The van der Waals surface area contributed by atoms with E-state index in [1.54, 1.807) is 5.32 Å². The molecule has 0 spiro atoms. The maximum atomic E-state index is 15.0. The predicted molar refractivity (Wildman–Crippen MR) is 128 cm³/mol. The summed E-state index contributed by atoms with van der Waals surface area (Å²) in [6, 6.07) is 0.867. The van der Waals surface area contributed by atoms with Crippen LogP contribution in [0.15, 0.2) is 42.5 Å². The van der Waals surface area contributed by atoms with Gasteiger partial charge in [-0.3, -0.25) is 9.59 Å². The molecule has 5 nitrogen and oxygen atoms in total. The molecule has 19 heteroatoms. The van der Waals surface area contributed by atoms with Crippen LogP contribution in [-0.4, -0.2) is 49.5 Å². The average Bonchev–Trinajstić information content (AvgIpc) is 2.86. The number of nitrogens with one attached hydrogen (secondary N) is 2. The molecule has 0 aliphatic carbocycles. The van der Waals surface area contributed by atoms with E-state index in [1.165, 1.54) is 5.32 Å². The van der Waals surface area contributed by atoms with E-state index in [9.17, 15) is 66.7 Å². The molecule has 244 valence electrons. The van der Waals surface area contributed by atoms with Crippen molar-refractivity contribution in [3.63, 3.8) is 0 Å². The highest BCUT2D eigenvalue weighted by atomic mass is 35.5. The summed E-state index contributed by atoms with van der Waals surface area (Å²) in [7, 11) is 0. The van der Waals surface area contributed by atoms with Crippen molar-refractivity contribution < 1.29 is 71.4 Å². The molecule has 0 saturated carbocycles. The van der Waals surface area contributed by atoms with Gasteiger partial charge < -0.3 is 15.4 Å². The molecule has 2 N–H and O–H groups in total. The zero-order chi connectivity index (χ0) is 33.8. The average molecular weight is 677 g/mol. The summed E-state index contributed by atoms with van der Waals surface area (Å²) in [6.45, 7) is -2.78. The third kappa shape index (κ3) is 10.8. The molecule has 0 aliphatic rings. The number of carbonyl (C=O) groups is 2. The topological polar surface area (TPSA) is 67.4 Å². The zero-order valence-electron chi connectivity index (χ0n) is 21.6. The fourth-order valence-electron chi connectivity index (χ4n) is 3.42. The summed E-state index contributed by atoms with van der Waals surface area (Å²) in [6.07, 6.45) is -20.5. The molecule has 0 radical (unpaired) electrons. The van der Waals surface area contributed by atoms with E-state index in [0.717, 1.165) is 6.92 Å². The van der Waals surface area contributed by atoms with Crippen molar-refractivity contribution in [2.45, 2.75) is 43.6 Å². The number of ether oxygens (including phenoxy) is 1. The van der Waals surface area contributed by atoms with Crippen molar-refractivity contribution in [3.8, 4) is 5.75 Å². The molecule has 2 aromatic rings. The van der Waals surface area contributed by atoms with Crippen LogP contribution < -0.4 is 15.4 Å². The van der Waals surface area contributed by atoms with E-state index in [2.05, 4.69) is 4.74 Å². The van der Waals surface area contributed by atoms with E-state index >= 15 is 0 Å². The molecule has 2 atom stereocenters. The first-order chi connectivity index (χ1) is 19.9. The van der Waals surface area contributed by atoms with Gasteiger partial charge in [0.2, 0.25) is 5.91 Å². The van der Waals surface area contributed by atoms with Crippen LogP contribution in [0.5, 0.6) is 5.75 Å². The van der Waals surface area contributed by atoms with Gasteiger partial charge in [0.25, 0.3) is 5.91 Å². The summed E-state index contributed by atoms with van der Waals surface area (Å²) in [4.78, 5) is 24.1. The van der Waals surface area contributed by atoms with Crippen molar-refractivity contribution in [2.75, 3.05) is 13.2 Å². The number of carbonyl (C=O) groups excluding carboxylic acids is 2. The van der Waals surface area contributed by atoms with Gasteiger partial charge in [-0.1, -0.05) is 23.7 Å². The van der Waals surface area contributed by atoms with Gasteiger partial charge >= 0.3 is 24.7 Å².